The SMILES string of the molecule is COC(=O)C[C@@H](NC(=O)C(C)(C)NC(=O)C[C@@H](NC(=O)C(C)(C)NC(=O)C[C@@H](NC(=O)C(C)(C)NC(=O)C[C@@H](NC(=O)C(C)(C)NC(=O)OC(C)(C)C)C(C)C)C(C)C)C(C)C)C(C)C. The van der Waals surface area contributed by atoms with Crippen molar-refractivity contribution in [1.82, 2.24) is 42.5 Å². The van der Waals surface area contributed by atoms with Gasteiger partial charge >= 0.3 is 12.1 Å². The molecule has 0 radical (unpaired) electrons. The molecule has 0 spiro atoms. The fourth-order valence-corrected chi connectivity index (χ4v) is 6.06. The molecule has 0 aliphatic carbocycles. The highest BCUT2D eigenvalue weighted by Crippen LogP contribution is 2.17. The van der Waals surface area contributed by atoms with Crippen LogP contribution in [0, 0.1) is 23.7 Å². The van der Waals surface area contributed by atoms with E-state index in [1.807, 2.05) is 55.4 Å². The first-order valence-corrected chi connectivity index (χ1v) is 22.5. The van der Waals surface area contributed by atoms with E-state index in [-0.39, 0.29) is 49.4 Å². The van der Waals surface area contributed by atoms with Gasteiger partial charge in [0.15, 0.2) is 0 Å². The van der Waals surface area contributed by atoms with Crippen LogP contribution in [0.15, 0.2) is 0 Å². The first kappa shape index (κ1) is 60.0. The second-order valence-electron chi connectivity index (χ2n) is 21.5. The van der Waals surface area contributed by atoms with Gasteiger partial charge in [0.2, 0.25) is 41.4 Å². The first-order chi connectivity index (χ1) is 29.3. The largest absolute Gasteiger partial charge is 0.469 e. The van der Waals surface area contributed by atoms with Crippen LogP contribution in [-0.4, -0.2) is 112 Å². The summed E-state index contributed by atoms with van der Waals surface area (Å²) in [5.41, 5.74) is -6.40. The summed E-state index contributed by atoms with van der Waals surface area (Å²) >= 11 is 0. The van der Waals surface area contributed by atoms with Crippen molar-refractivity contribution in [2.75, 3.05) is 7.11 Å². The van der Waals surface area contributed by atoms with Crippen molar-refractivity contribution in [3.63, 3.8) is 0 Å². The molecule has 0 bridgehead atoms. The molecular weight excluding hydrogens is 841 g/mol. The topological polar surface area (TPSA) is 268 Å². The first-order valence-electron chi connectivity index (χ1n) is 22.5. The number of nitrogens with one attached hydrogen (secondary N) is 8. The maximum atomic E-state index is 13.6. The molecule has 8 N–H and O–H groups in total. The summed E-state index contributed by atoms with van der Waals surface area (Å²) < 4.78 is 10.0. The lowest BCUT2D eigenvalue weighted by Gasteiger charge is -2.33. The van der Waals surface area contributed by atoms with Crippen LogP contribution in [0.5, 0.6) is 0 Å². The third-order valence-electron chi connectivity index (χ3n) is 10.8. The van der Waals surface area contributed by atoms with E-state index < -0.39 is 105 Å². The number of esters is 1. The molecule has 8 amide bonds. The van der Waals surface area contributed by atoms with Gasteiger partial charge in [-0.2, -0.15) is 0 Å². The number of carbonyl (C=O) groups excluding carboxylic acids is 9. The van der Waals surface area contributed by atoms with E-state index in [4.69, 9.17) is 9.47 Å². The van der Waals surface area contributed by atoms with Crippen molar-refractivity contribution >= 4 is 53.4 Å². The van der Waals surface area contributed by atoms with Crippen LogP contribution in [0.4, 0.5) is 4.79 Å². The molecule has 4 atom stereocenters. The molecule has 0 aliphatic heterocycles. The van der Waals surface area contributed by atoms with Crippen LogP contribution >= 0.6 is 0 Å². The molecule has 65 heavy (non-hydrogen) atoms. The van der Waals surface area contributed by atoms with E-state index >= 15 is 0 Å². The normalized spacial score (nSPS) is 14.3. The Morgan fingerprint density at radius 3 is 0.831 bits per heavy atom. The Balaban J connectivity index is 5.64. The summed E-state index contributed by atoms with van der Waals surface area (Å²) in [6.45, 7) is 31.8. The number of amides is 8. The predicted octanol–water partition coefficient (Wildman–Crippen LogP) is 3.27. The minimum atomic E-state index is -1.45. The summed E-state index contributed by atoms with van der Waals surface area (Å²) in [7, 11) is 1.26. The fourth-order valence-electron chi connectivity index (χ4n) is 6.06. The molecule has 0 saturated heterocycles. The number of methoxy groups -OCH3 is 1. The lowest BCUT2D eigenvalue weighted by atomic mass is 9.94. The van der Waals surface area contributed by atoms with Gasteiger partial charge in [-0.05, 0) is 99.8 Å². The zero-order valence-electron chi connectivity index (χ0n) is 42.9. The number of hydrogen-bond donors (Lipinski definition) is 8. The van der Waals surface area contributed by atoms with E-state index in [2.05, 4.69) is 42.5 Å². The Morgan fingerprint density at radius 1 is 0.385 bits per heavy atom. The molecule has 0 aromatic carbocycles. The van der Waals surface area contributed by atoms with Crippen LogP contribution in [0.25, 0.3) is 0 Å². The van der Waals surface area contributed by atoms with Gasteiger partial charge in [-0.3, -0.25) is 38.4 Å². The van der Waals surface area contributed by atoms with Crippen molar-refractivity contribution in [1.29, 1.82) is 0 Å². The predicted molar refractivity (Wildman–Crippen MR) is 248 cm³/mol. The second kappa shape index (κ2) is 24.5. The van der Waals surface area contributed by atoms with Gasteiger partial charge in [0.1, 0.15) is 27.8 Å². The second-order valence-corrected chi connectivity index (χ2v) is 21.5. The lowest BCUT2D eigenvalue weighted by molar-refractivity contribution is -0.142. The van der Waals surface area contributed by atoms with Crippen LogP contribution in [0.2, 0.25) is 0 Å². The van der Waals surface area contributed by atoms with Crippen molar-refractivity contribution in [3.05, 3.63) is 0 Å². The summed E-state index contributed by atoms with van der Waals surface area (Å²) in [6, 6.07) is -2.56. The summed E-state index contributed by atoms with van der Waals surface area (Å²) in [4.78, 5) is 118. The molecule has 0 heterocycles. The quantitative estimate of drug-likeness (QED) is 0.0652. The number of ether oxygens (including phenoxy) is 2. The molecule has 0 fully saturated rings. The number of hydrogen-bond acceptors (Lipinski definition) is 11. The summed E-state index contributed by atoms with van der Waals surface area (Å²) in [5.74, 6) is -4.97. The monoisotopic (exact) mass is 925 g/mol. The lowest BCUT2D eigenvalue weighted by Crippen LogP contribution is -2.61. The molecule has 0 aliphatic rings. The van der Waals surface area contributed by atoms with Gasteiger partial charge in [-0.15, -0.1) is 0 Å². The van der Waals surface area contributed by atoms with Crippen molar-refractivity contribution in [2.45, 2.75) is 209 Å². The smallest absolute Gasteiger partial charge is 0.408 e. The van der Waals surface area contributed by atoms with E-state index in [9.17, 15) is 43.2 Å². The molecule has 0 aromatic rings. The average molecular weight is 925 g/mol. The van der Waals surface area contributed by atoms with Gasteiger partial charge in [0.25, 0.3) is 0 Å². The number of carbonyl (C=O) groups is 9. The van der Waals surface area contributed by atoms with E-state index in [1.165, 1.54) is 62.5 Å². The minimum Gasteiger partial charge on any atom is -0.469 e. The zero-order valence-corrected chi connectivity index (χ0v) is 42.9. The molecule has 0 rings (SSSR count). The van der Waals surface area contributed by atoms with Gasteiger partial charge in [0.05, 0.1) is 13.5 Å². The Kier molecular flexibility index (Phi) is 22.6. The van der Waals surface area contributed by atoms with Gasteiger partial charge in [-0.1, -0.05) is 55.4 Å². The van der Waals surface area contributed by atoms with E-state index in [0.717, 1.165) is 0 Å². The van der Waals surface area contributed by atoms with Gasteiger partial charge < -0.3 is 52.0 Å². The average Bonchev–Trinajstić information content (AvgIpc) is 3.11. The maximum absolute atomic E-state index is 13.6. The zero-order chi connectivity index (χ0) is 51.2. The molecule has 19 heteroatoms. The highest BCUT2D eigenvalue weighted by atomic mass is 16.6. The summed E-state index contributed by atoms with van der Waals surface area (Å²) in [5, 5.41) is 22.1. The number of alkyl carbamates (subject to hydrolysis) is 1. The fraction of sp³-hybridized carbons (Fsp3) is 0.804. The van der Waals surface area contributed by atoms with Crippen LogP contribution in [-0.2, 0) is 47.8 Å². The standard InChI is InChI=1S/C46H84N8O11/c1-25(2)29(47-38(60)44(14,15)52-35(57)23-31(27(5)6)49-40(62)46(18,19)54-41(63)65-42(9,10)11)21-33(55)51-43(12,13)37(59)48-30(26(3)4)22-34(56)53-45(16,17)39(61)50-32(28(7)8)24-36(58)64-20/h25-32H,21-24H2,1-20H3,(H,47,60)(H,48,59)(H,49,62)(H,50,61)(H,51,55)(H,52,57)(H,53,56)(H,54,63)/t29-,30-,31-,32-/m1/s1. The highest BCUT2D eigenvalue weighted by Gasteiger charge is 2.39. The van der Waals surface area contributed by atoms with Crippen LogP contribution < -0.4 is 42.5 Å². The minimum absolute atomic E-state index is 0.0355. The Hall–Kier alpha value is -4.97. The van der Waals surface area contributed by atoms with Crippen molar-refractivity contribution < 1.29 is 52.6 Å². The van der Waals surface area contributed by atoms with Gasteiger partial charge in [-0.25, -0.2) is 4.79 Å². The molecule has 19 nitrogen and oxygen atoms in total. The molecule has 0 saturated carbocycles. The highest BCUT2D eigenvalue weighted by molar-refractivity contribution is 5.94. The van der Waals surface area contributed by atoms with Crippen molar-refractivity contribution in [2.24, 2.45) is 23.7 Å². The van der Waals surface area contributed by atoms with Crippen LogP contribution in [0.3, 0.4) is 0 Å². The maximum Gasteiger partial charge on any atom is 0.408 e. The Bertz CT molecular complexity index is 1700. The van der Waals surface area contributed by atoms with E-state index in [1.54, 1.807) is 20.8 Å². The van der Waals surface area contributed by atoms with Crippen LogP contribution in [0.1, 0.15) is 157 Å². The van der Waals surface area contributed by atoms with Crippen molar-refractivity contribution in [3.8, 4) is 0 Å². The molecule has 0 aromatic heterocycles. The summed E-state index contributed by atoms with van der Waals surface area (Å²) in [6.07, 6.45) is -1.36. The Labute approximate surface area is 387 Å². The Morgan fingerprint density at radius 2 is 0.615 bits per heavy atom. The molecule has 374 valence electrons. The third-order valence-corrected chi connectivity index (χ3v) is 10.8. The number of rotatable bonds is 24. The van der Waals surface area contributed by atoms with E-state index in [0.29, 0.717) is 0 Å². The third kappa shape index (κ3) is 21.7. The molecule has 0 unspecified atom stereocenters. The van der Waals surface area contributed by atoms with Gasteiger partial charge in [0, 0.05) is 43.4 Å². The molecular formula is C46H84N8O11.